The van der Waals surface area contributed by atoms with Gasteiger partial charge in [0, 0.05) is 6.42 Å². The summed E-state index contributed by atoms with van der Waals surface area (Å²) in [7, 11) is -4.56. The van der Waals surface area contributed by atoms with E-state index in [-0.39, 0.29) is 48.1 Å². The molecule has 4 unspecified atom stereocenters. The Kier molecular flexibility index (Phi) is 15.2. The van der Waals surface area contributed by atoms with Crippen molar-refractivity contribution in [3.8, 4) is 18.1 Å². The number of rotatable bonds is 21. The Balaban J connectivity index is 1.51. The molecule has 0 spiro atoms. The van der Waals surface area contributed by atoms with Crippen molar-refractivity contribution in [1.29, 1.82) is 0 Å². The number of fused-ring (bicyclic) bond motifs is 1. The molecule has 2 aromatic heterocycles. The second-order valence-corrected chi connectivity index (χ2v) is 15.8. The zero-order chi connectivity index (χ0) is 41.0. The molecule has 2 aromatic carbocycles. The first-order chi connectivity index (χ1) is 27.5. The van der Waals surface area contributed by atoms with Gasteiger partial charge < -0.3 is 24.5 Å². The number of nitrogens with one attached hydrogen (secondary N) is 1. The first-order valence-electron chi connectivity index (χ1n) is 19.5. The fraction of sp³-hybridized carbons (Fsp3) is 0.488. The summed E-state index contributed by atoms with van der Waals surface area (Å²) in [6, 6.07) is 16.3. The van der Waals surface area contributed by atoms with Crippen molar-refractivity contribution >= 4 is 36.7 Å². The number of halogens is 1. The topological polar surface area (TPSA) is 179 Å². The summed E-state index contributed by atoms with van der Waals surface area (Å²) in [4.78, 5) is 39.2. The molecule has 3 heterocycles. The van der Waals surface area contributed by atoms with E-state index in [0.717, 1.165) is 31.2 Å². The molecule has 3 N–H and O–H groups in total. The van der Waals surface area contributed by atoms with Crippen LogP contribution in [0.4, 0.5) is 10.2 Å². The van der Waals surface area contributed by atoms with Crippen LogP contribution in [0.1, 0.15) is 84.4 Å². The smallest absolute Gasteiger partial charge is 0.459 e. The predicted molar refractivity (Wildman–Crippen MR) is 212 cm³/mol. The van der Waals surface area contributed by atoms with E-state index in [1.165, 1.54) is 10.9 Å². The highest BCUT2D eigenvalue weighted by molar-refractivity contribution is 7.52. The monoisotopic (exact) mass is 806 g/mol. The lowest BCUT2D eigenvalue weighted by atomic mass is 9.96. The summed E-state index contributed by atoms with van der Waals surface area (Å²) in [5.74, 6) is 1.19. The molecule has 5 rings (SSSR count). The standard InChI is InChI=1S/C41H52FN6O8P/c1-6-17-30(18-7-2)38(49)54-33-24-34(48-27-44-35-36(43)45-40(42)46-37(35)48)55-41(33,10-5)26-53-57(51,56-31-21-15-12-16-22-31)47-32(23-29-19-13-11-14-20-29)39(50)52-25-28(8-3)9-4/h5,11-16,19-22,27-28,30,32-34H,6-9,17-18,23-26H2,1-4H3,(H,47,51)(H2,43,45,46)/t32?,33?,34?,41?,57-/m0/s1. The normalized spacial score (nSPS) is 19.6. The van der Waals surface area contributed by atoms with Gasteiger partial charge in [-0.15, -0.1) is 6.42 Å². The van der Waals surface area contributed by atoms with Crippen LogP contribution in [0, 0.1) is 30.3 Å². The Morgan fingerprint density at radius 3 is 2.35 bits per heavy atom. The fourth-order valence-corrected chi connectivity index (χ4v) is 8.24. The van der Waals surface area contributed by atoms with Gasteiger partial charge in [0.25, 0.3) is 0 Å². The molecule has 14 nitrogen and oxygen atoms in total. The second kappa shape index (κ2) is 20.0. The van der Waals surface area contributed by atoms with Gasteiger partial charge in [0.15, 0.2) is 22.6 Å². The molecule has 0 saturated carbocycles. The number of esters is 2. The molecule has 0 bridgehead atoms. The zero-order valence-electron chi connectivity index (χ0n) is 32.8. The number of nitrogens with zero attached hydrogens (tertiary/aromatic N) is 4. The summed E-state index contributed by atoms with van der Waals surface area (Å²) in [5.41, 5.74) is 4.97. The third-order valence-electron chi connectivity index (χ3n) is 10.0. The molecule has 57 heavy (non-hydrogen) atoms. The molecule has 1 aliphatic rings. The van der Waals surface area contributed by atoms with E-state index in [2.05, 4.69) is 26.0 Å². The van der Waals surface area contributed by atoms with Gasteiger partial charge in [0.05, 0.1) is 18.9 Å². The number of aromatic nitrogens is 4. The van der Waals surface area contributed by atoms with Crippen molar-refractivity contribution in [2.24, 2.45) is 11.8 Å². The van der Waals surface area contributed by atoms with Gasteiger partial charge in [-0.1, -0.05) is 108 Å². The van der Waals surface area contributed by atoms with E-state index in [0.29, 0.717) is 12.8 Å². The zero-order valence-corrected chi connectivity index (χ0v) is 33.7. The second-order valence-electron chi connectivity index (χ2n) is 14.1. The maximum atomic E-state index is 15.0. The van der Waals surface area contributed by atoms with Gasteiger partial charge in [-0.2, -0.15) is 19.4 Å². The first-order valence-corrected chi connectivity index (χ1v) is 21.0. The van der Waals surface area contributed by atoms with Crippen LogP contribution in [-0.2, 0) is 39.3 Å². The molecule has 4 aromatic rings. The minimum absolute atomic E-state index is 0.0223. The number of para-hydroxylation sites is 1. The van der Waals surface area contributed by atoms with Crippen molar-refractivity contribution in [2.75, 3.05) is 18.9 Å². The third kappa shape index (κ3) is 11.0. The van der Waals surface area contributed by atoms with Crippen molar-refractivity contribution in [2.45, 2.75) is 103 Å². The average molecular weight is 807 g/mol. The number of hydrogen-bond donors (Lipinski definition) is 2. The number of nitrogens with two attached hydrogens (primary N) is 1. The van der Waals surface area contributed by atoms with Gasteiger partial charge in [-0.05, 0) is 42.9 Å². The van der Waals surface area contributed by atoms with Gasteiger partial charge in [0.1, 0.15) is 30.7 Å². The Morgan fingerprint density at radius 2 is 1.72 bits per heavy atom. The van der Waals surface area contributed by atoms with E-state index in [4.69, 9.17) is 35.4 Å². The Hall–Kier alpha value is -4.87. The number of carbonyl (C=O) groups is 2. The van der Waals surface area contributed by atoms with Crippen LogP contribution in [0.25, 0.3) is 11.2 Å². The van der Waals surface area contributed by atoms with E-state index >= 15 is 4.57 Å². The fourth-order valence-electron chi connectivity index (χ4n) is 6.72. The molecule has 0 aliphatic carbocycles. The van der Waals surface area contributed by atoms with Crippen LogP contribution in [0.3, 0.4) is 0 Å². The van der Waals surface area contributed by atoms with E-state index in [1.807, 2.05) is 58.0 Å². The minimum Gasteiger partial charge on any atom is -0.464 e. The van der Waals surface area contributed by atoms with Crippen LogP contribution in [0.2, 0.25) is 0 Å². The van der Waals surface area contributed by atoms with Crippen molar-refractivity contribution in [3.63, 3.8) is 0 Å². The maximum Gasteiger partial charge on any atom is 0.459 e. The highest BCUT2D eigenvalue weighted by Gasteiger charge is 2.53. The first kappa shape index (κ1) is 43.3. The average Bonchev–Trinajstić information content (AvgIpc) is 3.79. The highest BCUT2D eigenvalue weighted by atomic mass is 31.2. The Morgan fingerprint density at radius 1 is 1.05 bits per heavy atom. The quantitative estimate of drug-likeness (QED) is 0.0370. The van der Waals surface area contributed by atoms with Crippen LogP contribution < -0.4 is 15.3 Å². The highest BCUT2D eigenvalue weighted by Crippen LogP contribution is 2.49. The number of anilines is 1. The van der Waals surface area contributed by atoms with Gasteiger partial charge in [-0.3, -0.25) is 18.7 Å². The van der Waals surface area contributed by atoms with Crippen LogP contribution in [0.5, 0.6) is 5.75 Å². The number of nitrogen functional groups attached to an aromatic ring is 1. The molecule has 16 heteroatoms. The molecule has 5 atom stereocenters. The molecule has 0 amide bonds. The Labute approximate surface area is 333 Å². The van der Waals surface area contributed by atoms with Crippen molar-refractivity contribution in [3.05, 3.63) is 78.6 Å². The minimum atomic E-state index is -4.56. The van der Waals surface area contributed by atoms with Crippen molar-refractivity contribution in [1.82, 2.24) is 24.6 Å². The molecular weight excluding hydrogens is 754 g/mol. The van der Waals surface area contributed by atoms with Gasteiger partial charge in [0.2, 0.25) is 0 Å². The lowest BCUT2D eigenvalue weighted by Crippen LogP contribution is -2.46. The number of terminal acetylenes is 1. The molecule has 1 fully saturated rings. The molecular formula is C41H52FN6O8P. The van der Waals surface area contributed by atoms with Crippen LogP contribution in [-0.4, -0.2) is 62.4 Å². The van der Waals surface area contributed by atoms with Crippen molar-refractivity contribution < 1.29 is 41.8 Å². The Bertz CT molecular complexity index is 2020. The van der Waals surface area contributed by atoms with E-state index in [9.17, 15) is 14.0 Å². The molecule has 1 saturated heterocycles. The number of carbonyl (C=O) groups excluding carboxylic acids is 2. The summed E-state index contributed by atoms with van der Waals surface area (Å²) in [5, 5.41) is 2.85. The summed E-state index contributed by atoms with van der Waals surface area (Å²) >= 11 is 0. The maximum absolute atomic E-state index is 15.0. The molecule has 1 aliphatic heterocycles. The number of imidazole rings is 1. The lowest BCUT2D eigenvalue weighted by molar-refractivity contribution is -0.163. The molecule has 0 radical (unpaired) electrons. The summed E-state index contributed by atoms with van der Waals surface area (Å²) in [6.07, 6.45) is 8.64. The van der Waals surface area contributed by atoms with Crippen LogP contribution >= 0.6 is 7.75 Å². The number of ether oxygens (including phenoxy) is 3. The van der Waals surface area contributed by atoms with Gasteiger partial charge >= 0.3 is 25.8 Å². The number of benzene rings is 2. The van der Waals surface area contributed by atoms with Gasteiger partial charge in [-0.25, -0.2) is 9.55 Å². The van der Waals surface area contributed by atoms with E-state index in [1.54, 1.807) is 30.3 Å². The SMILES string of the molecule is C#CC1(CO[P@@](=O)(NC(Cc2ccccc2)C(=O)OCC(CC)CC)Oc2ccccc2)OC(n2cnc3c(N)nc(F)nc32)CC1OC(=O)C(CCC)CCC. The predicted octanol–water partition coefficient (Wildman–Crippen LogP) is 7.35. The summed E-state index contributed by atoms with van der Waals surface area (Å²) in [6.45, 7) is 7.52. The van der Waals surface area contributed by atoms with Crippen LogP contribution in [0.15, 0.2) is 67.0 Å². The third-order valence-corrected chi connectivity index (χ3v) is 11.6. The lowest BCUT2D eigenvalue weighted by Gasteiger charge is -2.32. The largest absolute Gasteiger partial charge is 0.464 e. The summed E-state index contributed by atoms with van der Waals surface area (Å²) < 4.78 is 61.5. The number of hydrogen-bond acceptors (Lipinski definition) is 12. The van der Waals surface area contributed by atoms with E-state index < -0.39 is 62.3 Å². The molecule has 306 valence electrons.